The molecule has 148 valence electrons. The van der Waals surface area contributed by atoms with Crippen molar-refractivity contribution in [3.63, 3.8) is 0 Å². The van der Waals surface area contributed by atoms with Crippen LogP contribution in [0.3, 0.4) is 0 Å². The van der Waals surface area contributed by atoms with Gasteiger partial charge in [-0.1, -0.05) is 12.1 Å². The van der Waals surface area contributed by atoms with Crippen LogP contribution >= 0.6 is 0 Å². The lowest BCUT2D eigenvalue weighted by molar-refractivity contribution is -0.144. The fraction of sp³-hybridized carbons (Fsp3) is 0.273. The van der Waals surface area contributed by atoms with Crippen LogP contribution in [-0.4, -0.2) is 39.0 Å². The van der Waals surface area contributed by atoms with Gasteiger partial charge in [-0.05, 0) is 43.2 Å². The quantitative estimate of drug-likeness (QED) is 0.535. The SMILES string of the molecule is O=C(O)[C@@H](c1c[nH]c2cc(F)ccc12)N1CCC(c2nc3ccccc3o2)CC1. The summed E-state index contributed by atoms with van der Waals surface area (Å²) in [6.45, 7) is 1.24. The second-order valence-electron chi connectivity index (χ2n) is 7.50. The van der Waals surface area contributed by atoms with Gasteiger partial charge in [-0.3, -0.25) is 9.69 Å². The van der Waals surface area contributed by atoms with Gasteiger partial charge in [0.05, 0.1) is 0 Å². The normalized spacial score (nSPS) is 17.1. The zero-order valence-electron chi connectivity index (χ0n) is 15.6. The molecule has 0 amide bonds. The smallest absolute Gasteiger partial charge is 0.325 e. The number of aromatic amines is 1. The number of H-pyrrole nitrogens is 1. The highest BCUT2D eigenvalue weighted by Gasteiger charge is 2.34. The number of rotatable bonds is 4. The minimum absolute atomic E-state index is 0.171. The number of hydrogen-bond donors (Lipinski definition) is 2. The number of benzene rings is 2. The fourth-order valence-electron chi connectivity index (χ4n) is 4.30. The Balaban J connectivity index is 1.38. The molecule has 2 aromatic heterocycles. The summed E-state index contributed by atoms with van der Waals surface area (Å²) in [5, 5.41) is 10.7. The molecular weight excluding hydrogens is 373 g/mol. The van der Waals surface area contributed by atoms with Gasteiger partial charge in [-0.2, -0.15) is 0 Å². The van der Waals surface area contributed by atoms with Crippen molar-refractivity contribution in [3.05, 3.63) is 65.9 Å². The molecule has 0 radical (unpaired) electrons. The summed E-state index contributed by atoms with van der Waals surface area (Å²) in [6.07, 6.45) is 3.22. The fourth-order valence-corrected chi connectivity index (χ4v) is 4.30. The second kappa shape index (κ2) is 7.00. The van der Waals surface area contributed by atoms with Gasteiger partial charge in [-0.15, -0.1) is 0 Å². The van der Waals surface area contributed by atoms with Gasteiger partial charge in [0.1, 0.15) is 17.4 Å². The highest BCUT2D eigenvalue weighted by Crippen LogP contribution is 2.35. The minimum Gasteiger partial charge on any atom is -0.480 e. The number of nitrogens with one attached hydrogen (secondary N) is 1. The highest BCUT2D eigenvalue weighted by atomic mass is 19.1. The Morgan fingerprint density at radius 3 is 2.79 bits per heavy atom. The molecule has 29 heavy (non-hydrogen) atoms. The van der Waals surface area contributed by atoms with Crippen LogP contribution in [0.1, 0.15) is 36.3 Å². The molecule has 1 aliphatic rings. The van der Waals surface area contributed by atoms with E-state index in [2.05, 4.69) is 9.97 Å². The van der Waals surface area contributed by atoms with E-state index >= 15 is 0 Å². The van der Waals surface area contributed by atoms with E-state index in [4.69, 9.17) is 4.42 Å². The molecule has 1 atom stereocenters. The van der Waals surface area contributed by atoms with Crippen molar-refractivity contribution < 1.29 is 18.7 Å². The number of aliphatic carboxylic acids is 1. The lowest BCUT2D eigenvalue weighted by Crippen LogP contribution is -2.39. The van der Waals surface area contributed by atoms with Crippen molar-refractivity contribution in [1.29, 1.82) is 0 Å². The number of likely N-dealkylation sites (tertiary alicyclic amines) is 1. The monoisotopic (exact) mass is 393 g/mol. The number of carboxylic acid groups (broad SMARTS) is 1. The molecule has 3 heterocycles. The Morgan fingerprint density at radius 2 is 2.03 bits per heavy atom. The maximum atomic E-state index is 13.5. The molecule has 0 saturated carbocycles. The van der Waals surface area contributed by atoms with Crippen LogP contribution in [0.15, 0.2) is 53.1 Å². The van der Waals surface area contributed by atoms with E-state index in [9.17, 15) is 14.3 Å². The third kappa shape index (κ3) is 3.17. The predicted octanol–water partition coefficient (Wildman–Crippen LogP) is 4.45. The molecule has 2 aromatic carbocycles. The van der Waals surface area contributed by atoms with Crippen LogP contribution in [0.5, 0.6) is 0 Å². The molecule has 1 fully saturated rings. The van der Waals surface area contributed by atoms with Gasteiger partial charge >= 0.3 is 5.97 Å². The number of halogens is 1. The van der Waals surface area contributed by atoms with Gasteiger partial charge in [0.15, 0.2) is 11.5 Å². The van der Waals surface area contributed by atoms with Gasteiger partial charge in [-0.25, -0.2) is 9.37 Å². The first-order chi connectivity index (χ1) is 14.1. The van der Waals surface area contributed by atoms with Crippen molar-refractivity contribution in [3.8, 4) is 0 Å². The topological polar surface area (TPSA) is 82.4 Å². The number of oxazole rings is 1. The van der Waals surface area contributed by atoms with Crippen molar-refractivity contribution >= 4 is 28.0 Å². The first-order valence-electron chi connectivity index (χ1n) is 9.69. The van der Waals surface area contributed by atoms with Gasteiger partial charge < -0.3 is 14.5 Å². The van der Waals surface area contributed by atoms with Gasteiger partial charge in [0, 0.05) is 41.7 Å². The zero-order valence-corrected chi connectivity index (χ0v) is 15.6. The molecule has 6 nitrogen and oxygen atoms in total. The van der Waals surface area contributed by atoms with Gasteiger partial charge in [0.25, 0.3) is 0 Å². The number of carbonyl (C=O) groups is 1. The van der Waals surface area contributed by atoms with E-state index in [1.54, 1.807) is 12.3 Å². The van der Waals surface area contributed by atoms with Crippen LogP contribution in [0.2, 0.25) is 0 Å². The Bertz CT molecular complexity index is 1160. The maximum absolute atomic E-state index is 13.5. The number of para-hydroxylation sites is 2. The second-order valence-corrected chi connectivity index (χ2v) is 7.50. The largest absolute Gasteiger partial charge is 0.480 e. The molecular formula is C22H20FN3O3. The Hall–Kier alpha value is -3.19. The number of piperidine rings is 1. The van der Waals surface area contributed by atoms with Crippen LogP contribution in [0.4, 0.5) is 4.39 Å². The van der Waals surface area contributed by atoms with E-state index in [0.717, 1.165) is 35.2 Å². The maximum Gasteiger partial charge on any atom is 0.325 e. The third-order valence-corrected chi connectivity index (χ3v) is 5.76. The number of carboxylic acids is 1. The summed E-state index contributed by atoms with van der Waals surface area (Å²) in [5.74, 6) is -0.363. The van der Waals surface area contributed by atoms with E-state index in [1.807, 2.05) is 29.2 Å². The first kappa shape index (κ1) is 17.9. The van der Waals surface area contributed by atoms with Crippen molar-refractivity contribution in [2.75, 3.05) is 13.1 Å². The molecule has 1 saturated heterocycles. The number of fused-ring (bicyclic) bond motifs is 2. The molecule has 5 rings (SSSR count). The Morgan fingerprint density at radius 1 is 1.24 bits per heavy atom. The molecule has 0 spiro atoms. The number of nitrogens with zero attached hydrogens (tertiary/aromatic N) is 2. The number of aromatic nitrogens is 2. The molecule has 1 aliphatic heterocycles. The van der Waals surface area contributed by atoms with Crippen molar-refractivity contribution in [1.82, 2.24) is 14.9 Å². The molecule has 2 N–H and O–H groups in total. The first-order valence-corrected chi connectivity index (χ1v) is 9.69. The summed E-state index contributed by atoms with van der Waals surface area (Å²) >= 11 is 0. The van der Waals surface area contributed by atoms with E-state index in [-0.39, 0.29) is 11.7 Å². The molecule has 0 bridgehead atoms. The standard InChI is InChI=1S/C22H20FN3O3/c23-14-5-6-15-16(12-24-18(15)11-14)20(22(27)28)26-9-7-13(8-10-26)21-25-17-3-1-2-4-19(17)29-21/h1-6,11-13,20,24H,7-10H2,(H,27,28)/t20-/m1/s1. The average molecular weight is 393 g/mol. The Kier molecular flexibility index (Phi) is 4.32. The molecule has 4 aromatic rings. The molecule has 0 aliphatic carbocycles. The average Bonchev–Trinajstić information content (AvgIpc) is 3.32. The lowest BCUT2D eigenvalue weighted by Gasteiger charge is -2.34. The van der Waals surface area contributed by atoms with E-state index in [1.165, 1.54) is 12.1 Å². The molecule has 7 heteroatoms. The Labute approximate surface area is 166 Å². The van der Waals surface area contributed by atoms with E-state index in [0.29, 0.717) is 24.2 Å². The summed E-state index contributed by atoms with van der Waals surface area (Å²) in [6, 6.07) is 11.3. The summed E-state index contributed by atoms with van der Waals surface area (Å²) < 4.78 is 19.4. The zero-order chi connectivity index (χ0) is 20.0. The van der Waals surface area contributed by atoms with E-state index < -0.39 is 12.0 Å². The summed E-state index contributed by atoms with van der Waals surface area (Å²) in [4.78, 5) is 21.7. The van der Waals surface area contributed by atoms with Crippen LogP contribution < -0.4 is 0 Å². The minimum atomic E-state index is -0.907. The van der Waals surface area contributed by atoms with Crippen LogP contribution in [0.25, 0.3) is 22.0 Å². The number of hydrogen-bond acceptors (Lipinski definition) is 4. The predicted molar refractivity (Wildman–Crippen MR) is 106 cm³/mol. The van der Waals surface area contributed by atoms with Crippen LogP contribution in [0, 0.1) is 5.82 Å². The van der Waals surface area contributed by atoms with Crippen molar-refractivity contribution in [2.24, 2.45) is 0 Å². The summed E-state index contributed by atoms with van der Waals surface area (Å²) in [7, 11) is 0. The molecule has 0 unspecified atom stereocenters. The lowest BCUT2D eigenvalue weighted by atomic mass is 9.94. The van der Waals surface area contributed by atoms with Crippen LogP contribution in [-0.2, 0) is 4.79 Å². The third-order valence-electron chi connectivity index (χ3n) is 5.76. The summed E-state index contributed by atoms with van der Waals surface area (Å²) in [5.41, 5.74) is 2.89. The highest BCUT2D eigenvalue weighted by molar-refractivity contribution is 5.89. The van der Waals surface area contributed by atoms with Gasteiger partial charge in [0.2, 0.25) is 0 Å². The van der Waals surface area contributed by atoms with Crippen molar-refractivity contribution in [2.45, 2.75) is 24.8 Å².